The van der Waals surface area contributed by atoms with E-state index in [0.717, 1.165) is 28.6 Å². The molecule has 9 nitrogen and oxygen atoms in total. The number of carbonyl (C=O) groups is 2. The largest absolute Gasteiger partial charge is 0.497 e. The van der Waals surface area contributed by atoms with Crippen LogP contribution in [0.3, 0.4) is 0 Å². The van der Waals surface area contributed by atoms with Gasteiger partial charge in [-0.15, -0.1) is 0 Å². The smallest absolute Gasteiger partial charge is 0.353 e. The van der Waals surface area contributed by atoms with E-state index >= 15 is 0 Å². The Hall–Kier alpha value is -5.22. The lowest BCUT2D eigenvalue weighted by Crippen LogP contribution is -2.19. The van der Waals surface area contributed by atoms with Gasteiger partial charge in [0.25, 0.3) is 0 Å². The van der Waals surface area contributed by atoms with Crippen LogP contribution in [0.2, 0.25) is 0 Å². The van der Waals surface area contributed by atoms with Crippen molar-refractivity contribution in [2.75, 3.05) is 17.7 Å². The third kappa shape index (κ3) is 4.83. The predicted molar refractivity (Wildman–Crippen MR) is 156 cm³/mol. The first-order valence-corrected chi connectivity index (χ1v) is 13.1. The van der Waals surface area contributed by atoms with E-state index in [-0.39, 0.29) is 5.69 Å². The molecule has 0 bridgehead atoms. The van der Waals surface area contributed by atoms with Crippen LogP contribution in [0.15, 0.2) is 91.0 Å². The summed E-state index contributed by atoms with van der Waals surface area (Å²) in [6.45, 7) is 0.323. The molecule has 198 valence electrons. The Morgan fingerprint density at radius 1 is 0.875 bits per heavy atom. The van der Waals surface area contributed by atoms with E-state index in [0.29, 0.717) is 45.5 Å². The molecule has 0 aliphatic carbocycles. The number of hydrogen-bond donors (Lipinski definition) is 3. The summed E-state index contributed by atoms with van der Waals surface area (Å²) >= 11 is 1.10. The van der Waals surface area contributed by atoms with E-state index in [9.17, 15) is 14.7 Å². The van der Waals surface area contributed by atoms with Gasteiger partial charge >= 0.3 is 12.0 Å². The molecule has 0 unspecified atom stereocenters. The number of para-hydroxylation sites is 1. The molecule has 0 fully saturated rings. The number of benzene rings is 4. The highest BCUT2D eigenvalue weighted by Crippen LogP contribution is 2.38. The van der Waals surface area contributed by atoms with Crippen LogP contribution in [-0.4, -0.2) is 37.5 Å². The normalized spacial score (nSPS) is 11.0. The summed E-state index contributed by atoms with van der Waals surface area (Å²) in [4.78, 5) is 25.5. The molecule has 2 amide bonds. The van der Waals surface area contributed by atoms with Crippen molar-refractivity contribution >= 4 is 57.0 Å². The van der Waals surface area contributed by atoms with Crippen LogP contribution in [0, 0.1) is 0 Å². The number of nitrogens with zero attached hydrogens (tertiary/aromatic N) is 3. The molecule has 40 heavy (non-hydrogen) atoms. The highest BCUT2D eigenvalue weighted by atomic mass is 32.1. The number of carboxylic acid groups (broad SMARTS) is 1. The van der Waals surface area contributed by atoms with Crippen molar-refractivity contribution in [2.45, 2.75) is 6.54 Å². The molecule has 2 heterocycles. The van der Waals surface area contributed by atoms with Crippen molar-refractivity contribution < 1.29 is 19.4 Å². The van der Waals surface area contributed by atoms with Gasteiger partial charge in [0.15, 0.2) is 0 Å². The van der Waals surface area contributed by atoms with Gasteiger partial charge in [-0.2, -0.15) is 8.75 Å². The van der Waals surface area contributed by atoms with Crippen molar-refractivity contribution in [3.05, 3.63) is 102 Å². The van der Waals surface area contributed by atoms with Crippen molar-refractivity contribution in [3.8, 4) is 16.9 Å². The first-order valence-electron chi connectivity index (χ1n) is 12.4. The zero-order chi connectivity index (χ0) is 27.6. The number of carboxylic acids is 1. The standard InChI is InChI=1S/C30H23N5O4S/c1-39-22-11-7-18(8-12-22)17-35-26-14-10-21(32-30(38)31-20-5-3-2-4-6-20)16-23(26)27(28(35)29(36)37)19-9-13-24-25(15-19)34-40-33-24/h2-16H,17H2,1H3,(H,36,37)(H2,31,32,38). The van der Waals surface area contributed by atoms with Gasteiger partial charge in [-0.1, -0.05) is 36.4 Å². The Bertz CT molecular complexity index is 1860. The Morgan fingerprint density at radius 2 is 1.62 bits per heavy atom. The highest BCUT2D eigenvalue weighted by Gasteiger charge is 2.25. The number of hydrogen-bond acceptors (Lipinski definition) is 6. The molecule has 2 aromatic heterocycles. The number of aromatic nitrogens is 3. The molecule has 6 aromatic rings. The van der Waals surface area contributed by atoms with Gasteiger partial charge in [-0.25, -0.2) is 9.59 Å². The molecule has 0 saturated carbocycles. The SMILES string of the molecule is COc1ccc(Cn2c(C(=O)O)c(-c3ccc4nsnc4c3)c3cc(NC(=O)Nc4ccccc4)ccc32)cc1. The Labute approximate surface area is 233 Å². The number of methoxy groups -OCH3 is 1. The zero-order valence-electron chi connectivity index (χ0n) is 21.3. The van der Waals surface area contributed by atoms with E-state index in [1.807, 2.05) is 66.7 Å². The summed E-state index contributed by atoms with van der Waals surface area (Å²) in [6.07, 6.45) is 0. The van der Waals surface area contributed by atoms with Crippen LogP contribution in [-0.2, 0) is 6.54 Å². The monoisotopic (exact) mass is 549 g/mol. The average Bonchev–Trinajstić information content (AvgIpc) is 3.56. The first-order chi connectivity index (χ1) is 19.5. The summed E-state index contributed by atoms with van der Waals surface area (Å²) in [5.41, 5.74) is 5.62. The summed E-state index contributed by atoms with van der Waals surface area (Å²) in [5.74, 6) is -0.345. The fraction of sp³-hybridized carbons (Fsp3) is 0.0667. The number of rotatable bonds is 7. The minimum atomic E-state index is -1.06. The summed E-state index contributed by atoms with van der Waals surface area (Å²) in [5, 5.41) is 16.8. The van der Waals surface area contributed by atoms with E-state index < -0.39 is 12.0 Å². The zero-order valence-corrected chi connectivity index (χ0v) is 22.1. The lowest BCUT2D eigenvalue weighted by molar-refractivity contribution is 0.0687. The molecule has 0 saturated heterocycles. The third-order valence-electron chi connectivity index (χ3n) is 6.60. The van der Waals surface area contributed by atoms with Gasteiger partial charge in [-0.3, -0.25) is 0 Å². The molecule has 0 aliphatic heterocycles. The molecule has 6 rings (SSSR count). The van der Waals surface area contributed by atoms with Crippen molar-refractivity contribution in [1.82, 2.24) is 13.3 Å². The van der Waals surface area contributed by atoms with E-state index in [1.54, 1.807) is 35.9 Å². The van der Waals surface area contributed by atoms with Crippen LogP contribution in [0.1, 0.15) is 16.1 Å². The van der Waals surface area contributed by atoms with Crippen LogP contribution in [0.5, 0.6) is 5.75 Å². The predicted octanol–water partition coefficient (Wildman–Crippen LogP) is 6.71. The third-order valence-corrected chi connectivity index (χ3v) is 7.15. The molecule has 0 radical (unpaired) electrons. The van der Waals surface area contributed by atoms with E-state index in [4.69, 9.17) is 4.74 Å². The maximum atomic E-state index is 12.8. The number of aromatic carboxylic acids is 1. The van der Waals surface area contributed by atoms with Gasteiger partial charge in [0, 0.05) is 34.4 Å². The van der Waals surface area contributed by atoms with Gasteiger partial charge < -0.3 is 25.0 Å². The molecule has 0 spiro atoms. The van der Waals surface area contributed by atoms with Crippen molar-refractivity contribution in [2.24, 2.45) is 0 Å². The fourth-order valence-electron chi connectivity index (χ4n) is 4.78. The molecular formula is C30H23N5O4S. The maximum absolute atomic E-state index is 12.8. The van der Waals surface area contributed by atoms with Crippen molar-refractivity contribution in [3.63, 3.8) is 0 Å². The summed E-state index contributed by atoms with van der Waals surface area (Å²) in [7, 11) is 1.60. The molecule has 0 aliphatic rings. The maximum Gasteiger partial charge on any atom is 0.353 e. The summed E-state index contributed by atoms with van der Waals surface area (Å²) in [6, 6.07) is 27.2. The second-order valence-corrected chi connectivity index (χ2v) is 9.64. The van der Waals surface area contributed by atoms with Gasteiger partial charge in [0.2, 0.25) is 0 Å². The van der Waals surface area contributed by atoms with Gasteiger partial charge in [0.05, 0.1) is 18.8 Å². The summed E-state index contributed by atoms with van der Waals surface area (Å²) < 4.78 is 15.7. The minimum absolute atomic E-state index is 0.138. The lowest BCUT2D eigenvalue weighted by atomic mass is 10.0. The van der Waals surface area contributed by atoms with Crippen LogP contribution < -0.4 is 15.4 Å². The molecule has 0 atom stereocenters. The van der Waals surface area contributed by atoms with E-state index in [2.05, 4.69) is 19.4 Å². The molecule has 4 aromatic carbocycles. The number of amides is 2. The number of carbonyl (C=O) groups excluding carboxylic acids is 1. The first kappa shape index (κ1) is 25.1. The minimum Gasteiger partial charge on any atom is -0.497 e. The quantitative estimate of drug-likeness (QED) is 0.204. The number of fused-ring (bicyclic) bond motifs is 2. The second kappa shape index (κ2) is 10.5. The van der Waals surface area contributed by atoms with Crippen LogP contribution in [0.25, 0.3) is 33.1 Å². The fourth-order valence-corrected chi connectivity index (χ4v) is 5.29. The second-order valence-electron chi connectivity index (χ2n) is 9.11. The van der Waals surface area contributed by atoms with Gasteiger partial charge in [-0.05, 0) is 65.7 Å². The Morgan fingerprint density at radius 3 is 2.38 bits per heavy atom. The number of urea groups is 1. The van der Waals surface area contributed by atoms with Crippen LogP contribution >= 0.6 is 11.7 Å². The molecular weight excluding hydrogens is 526 g/mol. The number of nitrogens with one attached hydrogen (secondary N) is 2. The van der Waals surface area contributed by atoms with E-state index in [1.165, 1.54) is 0 Å². The van der Waals surface area contributed by atoms with Crippen LogP contribution in [0.4, 0.5) is 16.2 Å². The molecule has 10 heteroatoms. The number of anilines is 2. The highest BCUT2D eigenvalue weighted by molar-refractivity contribution is 7.00. The Kier molecular flexibility index (Phi) is 6.59. The topological polar surface area (TPSA) is 118 Å². The van der Waals surface area contributed by atoms with Crippen molar-refractivity contribution in [1.29, 1.82) is 0 Å². The Balaban J connectivity index is 1.48. The lowest BCUT2D eigenvalue weighted by Gasteiger charge is -2.11. The number of ether oxygens (including phenoxy) is 1. The van der Waals surface area contributed by atoms with Gasteiger partial charge in [0.1, 0.15) is 22.5 Å². The average molecular weight is 550 g/mol. The molecule has 3 N–H and O–H groups in total.